The molecule has 0 N–H and O–H groups in total. The van der Waals surface area contributed by atoms with Crippen LogP contribution in [0.3, 0.4) is 0 Å². The second-order valence-corrected chi connectivity index (χ2v) is 5.75. The molecule has 1 aromatic rings. The predicted octanol–water partition coefficient (Wildman–Crippen LogP) is 2.80. The third-order valence-corrected chi connectivity index (χ3v) is 3.74. The summed E-state index contributed by atoms with van der Waals surface area (Å²) in [5, 5.41) is 10.5. The number of rotatable bonds is 3. The van der Waals surface area contributed by atoms with Crippen molar-refractivity contribution < 1.29 is 14.1 Å². The Morgan fingerprint density at radius 1 is 1.53 bits per heavy atom. The van der Waals surface area contributed by atoms with E-state index in [1.165, 1.54) is 23.1 Å². The van der Waals surface area contributed by atoms with Gasteiger partial charge < -0.3 is 4.42 Å². The summed E-state index contributed by atoms with van der Waals surface area (Å²) in [6.45, 7) is 3.73. The molecular formula is C11H10N2O4S2. The molecule has 1 amide bonds. The summed E-state index contributed by atoms with van der Waals surface area (Å²) in [6.07, 6.45) is 1.47. The molecule has 1 aromatic heterocycles. The second-order valence-electron chi connectivity index (χ2n) is 4.08. The maximum Gasteiger partial charge on any atom is 0.433 e. The lowest BCUT2D eigenvalue weighted by molar-refractivity contribution is -0.402. The van der Waals surface area contributed by atoms with E-state index < -0.39 is 4.92 Å². The van der Waals surface area contributed by atoms with Gasteiger partial charge in [-0.2, -0.15) is 0 Å². The molecule has 0 aliphatic carbocycles. The van der Waals surface area contributed by atoms with Crippen molar-refractivity contribution in [3.05, 3.63) is 32.9 Å². The topological polar surface area (TPSA) is 76.6 Å². The van der Waals surface area contributed by atoms with Crippen molar-refractivity contribution in [3.8, 4) is 0 Å². The normalized spacial score (nSPS) is 17.8. The Morgan fingerprint density at radius 3 is 2.68 bits per heavy atom. The minimum absolute atomic E-state index is 0.0238. The highest BCUT2D eigenvalue weighted by Gasteiger charge is 2.34. The third kappa shape index (κ3) is 2.69. The number of hydrogen-bond donors (Lipinski definition) is 0. The van der Waals surface area contributed by atoms with Crippen LogP contribution in [-0.4, -0.2) is 26.1 Å². The summed E-state index contributed by atoms with van der Waals surface area (Å²) in [7, 11) is 0. The van der Waals surface area contributed by atoms with Crippen molar-refractivity contribution in [1.82, 2.24) is 4.90 Å². The molecule has 0 spiro atoms. The predicted molar refractivity (Wildman–Crippen MR) is 75.5 cm³/mol. The van der Waals surface area contributed by atoms with Crippen molar-refractivity contribution >= 4 is 46.2 Å². The summed E-state index contributed by atoms with van der Waals surface area (Å²) < 4.78 is 5.46. The monoisotopic (exact) mass is 298 g/mol. The van der Waals surface area contributed by atoms with Crippen LogP contribution in [0.25, 0.3) is 6.08 Å². The average Bonchev–Trinajstić information content (AvgIpc) is 2.85. The molecule has 0 bridgehead atoms. The molecule has 0 radical (unpaired) electrons. The van der Waals surface area contributed by atoms with Crippen LogP contribution in [0, 0.1) is 10.1 Å². The first-order chi connectivity index (χ1) is 8.90. The van der Waals surface area contributed by atoms with Crippen LogP contribution in [0.5, 0.6) is 0 Å². The van der Waals surface area contributed by atoms with E-state index in [9.17, 15) is 14.9 Å². The van der Waals surface area contributed by atoms with Gasteiger partial charge in [-0.1, -0.05) is 24.0 Å². The first-order valence-corrected chi connectivity index (χ1v) is 6.64. The average molecular weight is 298 g/mol. The van der Waals surface area contributed by atoms with E-state index in [2.05, 4.69) is 0 Å². The molecule has 8 heteroatoms. The maximum absolute atomic E-state index is 12.1. The van der Waals surface area contributed by atoms with Crippen molar-refractivity contribution in [2.75, 3.05) is 0 Å². The summed E-state index contributed by atoms with van der Waals surface area (Å²) in [4.78, 5) is 23.9. The first-order valence-electron chi connectivity index (χ1n) is 5.41. The van der Waals surface area contributed by atoms with Gasteiger partial charge in [-0.05, 0) is 19.9 Å². The Kier molecular flexibility index (Phi) is 3.72. The molecular weight excluding hydrogens is 288 g/mol. The maximum atomic E-state index is 12.1. The molecule has 0 atom stereocenters. The molecule has 19 heavy (non-hydrogen) atoms. The summed E-state index contributed by atoms with van der Waals surface area (Å²) >= 11 is 6.28. The summed E-state index contributed by atoms with van der Waals surface area (Å²) in [6, 6.07) is 2.67. The van der Waals surface area contributed by atoms with Crippen molar-refractivity contribution in [1.29, 1.82) is 0 Å². The molecule has 0 saturated carbocycles. The second kappa shape index (κ2) is 5.14. The quantitative estimate of drug-likeness (QED) is 0.369. The number of furan rings is 1. The fraction of sp³-hybridized carbons (Fsp3) is 0.273. The minimum Gasteiger partial charge on any atom is -0.401 e. The van der Waals surface area contributed by atoms with Gasteiger partial charge >= 0.3 is 5.88 Å². The van der Waals surface area contributed by atoms with Gasteiger partial charge in [-0.15, -0.1) is 0 Å². The molecule has 100 valence electrons. The van der Waals surface area contributed by atoms with Crippen LogP contribution in [0.1, 0.15) is 19.6 Å². The molecule has 2 rings (SSSR count). The molecule has 0 unspecified atom stereocenters. The smallest absolute Gasteiger partial charge is 0.401 e. The molecule has 2 heterocycles. The van der Waals surface area contributed by atoms with Crippen molar-refractivity contribution in [2.45, 2.75) is 19.9 Å². The van der Waals surface area contributed by atoms with Crippen molar-refractivity contribution in [2.24, 2.45) is 0 Å². The zero-order chi connectivity index (χ0) is 14.2. The largest absolute Gasteiger partial charge is 0.433 e. The van der Waals surface area contributed by atoms with E-state index >= 15 is 0 Å². The van der Waals surface area contributed by atoms with Gasteiger partial charge in [0.25, 0.3) is 5.91 Å². The molecule has 6 nitrogen and oxygen atoms in total. The SMILES string of the molecule is CC(C)N1C(=O)/C(=C/c2ccc([N+](=O)[O-])o2)SC1=S. The van der Waals surface area contributed by atoms with Gasteiger partial charge in [-0.3, -0.25) is 19.8 Å². The summed E-state index contributed by atoms with van der Waals surface area (Å²) in [5.41, 5.74) is 0. The third-order valence-electron chi connectivity index (χ3n) is 2.41. The van der Waals surface area contributed by atoms with Crippen LogP contribution in [0.2, 0.25) is 0 Å². The number of thiocarbonyl (C=S) groups is 1. The summed E-state index contributed by atoms with van der Waals surface area (Å²) in [5.74, 6) is -0.300. The Balaban J connectivity index is 2.27. The van der Waals surface area contributed by atoms with E-state index in [0.29, 0.717) is 9.23 Å². The Hall–Kier alpha value is -1.67. The molecule has 1 saturated heterocycles. The van der Waals surface area contributed by atoms with Gasteiger partial charge in [0.2, 0.25) is 0 Å². The molecule has 0 aromatic carbocycles. The number of nitro groups is 1. The van der Waals surface area contributed by atoms with Crippen LogP contribution < -0.4 is 0 Å². The fourth-order valence-corrected chi connectivity index (χ4v) is 3.08. The number of carbonyl (C=O) groups excluding carboxylic acids is 1. The van der Waals surface area contributed by atoms with Gasteiger partial charge in [-0.25, -0.2) is 0 Å². The zero-order valence-electron chi connectivity index (χ0n) is 10.2. The van der Waals surface area contributed by atoms with E-state index in [4.69, 9.17) is 16.6 Å². The number of thioether (sulfide) groups is 1. The lowest BCUT2D eigenvalue weighted by Crippen LogP contribution is -2.34. The van der Waals surface area contributed by atoms with E-state index in [-0.39, 0.29) is 23.6 Å². The van der Waals surface area contributed by atoms with Crippen LogP contribution >= 0.6 is 24.0 Å². The van der Waals surface area contributed by atoms with E-state index in [0.717, 1.165) is 11.8 Å². The molecule has 1 fully saturated rings. The lowest BCUT2D eigenvalue weighted by Gasteiger charge is -2.18. The van der Waals surface area contributed by atoms with E-state index in [1.54, 1.807) is 0 Å². The Labute approximate surface area is 118 Å². The fourth-order valence-electron chi connectivity index (χ4n) is 1.57. The zero-order valence-corrected chi connectivity index (χ0v) is 11.8. The Morgan fingerprint density at radius 2 is 2.21 bits per heavy atom. The highest BCUT2D eigenvalue weighted by atomic mass is 32.2. The van der Waals surface area contributed by atoms with Crippen molar-refractivity contribution in [3.63, 3.8) is 0 Å². The molecule has 1 aliphatic rings. The number of carbonyl (C=O) groups is 1. The van der Waals surface area contributed by atoms with Crippen LogP contribution in [-0.2, 0) is 4.79 Å². The van der Waals surface area contributed by atoms with Crippen LogP contribution in [0.15, 0.2) is 21.5 Å². The number of nitrogens with zero attached hydrogens (tertiary/aromatic N) is 2. The highest BCUT2D eigenvalue weighted by Crippen LogP contribution is 2.34. The van der Waals surface area contributed by atoms with Crippen LogP contribution in [0.4, 0.5) is 5.88 Å². The molecule has 1 aliphatic heterocycles. The number of hydrogen-bond acceptors (Lipinski definition) is 6. The lowest BCUT2D eigenvalue weighted by atomic mass is 10.3. The first kappa shape index (κ1) is 13.8. The van der Waals surface area contributed by atoms with Gasteiger partial charge in [0.15, 0.2) is 0 Å². The van der Waals surface area contributed by atoms with Gasteiger partial charge in [0.1, 0.15) is 15.0 Å². The van der Waals surface area contributed by atoms with Gasteiger partial charge in [0.05, 0.1) is 11.0 Å². The highest BCUT2D eigenvalue weighted by molar-refractivity contribution is 8.26. The van der Waals surface area contributed by atoms with Gasteiger partial charge in [0, 0.05) is 12.1 Å². The minimum atomic E-state index is -0.628. The Bertz CT molecular complexity index is 591. The van der Waals surface area contributed by atoms with E-state index in [1.807, 2.05) is 13.8 Å². The standard InChI is InChI=1S/C11H10N2O4S2/c1-6(2)12-10(14)8(19-11(12)18)5-7-3-4-9(17-7)13(15)16/h3-6H,1-2H3/b8-5-. The number of amides is 1.